The van der Waals surface area contributed by atoms with Crippen LogP contribution in [-0.4, -0.2) is 24.6 Å². The Balaban J connectivity index is 1.71. The van der Waals surface area contributed by atoms with Crippen LogP contribution >= 0.6 is 38.9 Å². The standard InChI is InChI=1S/C21H18BrClN2O3S/c1-3-28-20-15(22)10-13(11-18(20)27-2)8-9-19(26)25-21-24-17(12-29-21)14-6-4-5-7-16(14)23/h4-12H,3H2,1-2H3,(H,24,25,26). The van der Waals surface area contributed by atoms with Crippen molar-refractivity contribution in [2.24, 2.45) is 0 Å². The lowest BCUT2D eigenvalue weighted by atomic mass is 10.2. The zero-order valence-electron chi connectivity index (χ0n) is 15.7. The summed E-state index contributed by atoms with van der Waals surface area (Å²) in [6, 6.07) is 11.1. The van der Waals surface area contributed by atoms with E-state index < -0.39 is 0 Å². The molecule has 0 aliphatic rings. The molecular weight excluding hydrogens is 476 g/mol. The van der Waals surface area contributed by atoms with Crippen molar-refractivity contribution in [3.05, 3.63) is 62.9 Å². The number of aromatic nitrogens is 1. The molecule has 8 heteroatoms. The number of nitrogens with one attached hydrogen (secondary N) is 1. The van der Waals surface area contributed by atoms with Gasteiger partial charge < -0.3 is 9.47 Å². The van der Waals surface area contributed by atoms with E-state index in [-0.39, 0.29) is 5.91 Å². The van der Waals surface area contributed by atoms with Crippen LogP contribution in [0.2, 0.25) is 5.02 Å². The zero-order chi connectivity index (χ0) is 20.8. The summed E-state index contributed by atoms with van der Waals surface area (Å²) in [5.74, 6) is 0.936. The lowest BCUT2D eigenvalue weighted by Gasteiger charge is -2.12. The number of ether oxygens (including phenoxy) is 2. The molecule has 0 spiro atoms. The summed E-state index contributed by atoms with van der Waals surface area (Å²) in [6.07, 6.45) is 3.14. The topological polar surface area (TPSA) is 60.5 Å². The lowest BCUT2D eigenvalue weighted by molar-refractivity contribution is -0.111. The van der Waals surface area contributed by atoms with Crippen LogP contribution in [0, 0.1) is 0 Å². The van der Waals surface area contributed by atoms with Gasteiger partial charge in [0.2, 0.25) is 5.91 Å². The number of nitrogens with zero attached hydrogens (tertiary/aromatic N) is 1. The number of rotatable bonds is 7. The third kappa shape index (κ3) is 5.38. The number of methoxy groups -OCH3 is 1. The first kappa shape index (κ1) is 21.4. The van der Waals surface area contributed by atoms with Crippen molar-refractivity contribution in [1.82, 2.24) is 4.98 Å². The van der Waals surface area contributed by atoms with Gasteiger partial charge in [-0.05, 0) is 52.7 Å². The highest BCUT2D eigenvalue weighted by Gasteiger charge is 2.11. The Hall–Kier alpha value is -2.35. The molecule has 0 aliphatic heterocycles. The van der Waals surface area contributed by atoms with Crippen LogP contribution < -0.4 is 14.8 Å². The fourth-order valence-corrected chi connectivity index (χ4v) is 4.08. The molecule has 150 valence electrons. The van der Waals surface area contributed by atoms with Gasteiger partial charge in [-0.3, -0.25) is 10.1 Å². The van der Waals surface area contributed by atoms with E-state index in [0.29, 0.717) is 28.3 Å². The van der Waals surface area contributed by atoms with Gasteiger partial charge >= 0.3 is 0 Å². The van der Waals surface area contributed by atoms with Gasteiger partial charge in [0, 0.05) is 22.0 Å². The van der Waals surface area contributed by atoms with Crippen molar-refractivity contribution in [3.8, 4) is 22.8 Å². The molecule has 0 saturated carbocycles. The number of carbonyl (C=O) groups is 1. The van der Waals surface area contributed by atoms with Crippen molar-refractivity contribution in [3.63, 3.8) is 0 Å². The molecule has 0 aliphatic carbocycles. The maximum atomic E-state index is 12.3. The number of halogens is 2. The van der Waals surface area contributed by atoms with Gasteiger partial charge in [0.25, 0.3) is 0 Å². The van der Waals surface area contributed by atoms with Gasteiger partial charge in [-0.2, -0.15) is 0 Å². The molecule has 2 aromatic carbocycles. The predicted molar refractivity (Wildman–Crippen MR) is 122 cm³/mol. The van der Waals surface area contributed by atoms with E-state index >= 15 is 0 Å². The third-order valence-corrected chi connectivity index (χ3v) is 5.53. The fourth-order valence-electron chi connectivity index (χ4n) is 2.56. The van der Waals surface area contributed by atoms with Crippen molar-refractivity contribution in [2.75, 3.05) is 19.0 Å². The van der Waals surface area contributed by atoms with Crippen LogP contribution in [0.4, 0.5) is 5.13 Å². The minimum absolute atomic E-state index is 0.283. The summed E-state index contributed by atoms with van der Waals surface area (Å²) >= 11 is 11.0. The average molecular weight is 494 g/mol. The number of amides is 1. The Morgan fingerprint density at radius 1 is 1.34 bits per heavy atom. The second-order valence-corrected chi connectivity index (χ2v) is 7.93. The number of carbonyl (C=O) groups excluding carboxylic acids is 1. The molecule has 3 rings (SSSR count). The molecule has 5 nitrogen and oxygen atoms in total. The van der Waals surface area contributed by atoms with Crippen LogP contribution in [0.3, 0.4) is 0 Å². The molecule has 1 aromatic heterocycles. The number of benzene rings is 2. The summed E-state index contributed by atoms with van der Waals surface area (Å²) in [7, 11) is 1.57. The summed E-state index contributed by atoms with van der Waals surface area (Å²) in [6.45, 7) is 2.43. The summed E-state index contributed by atoms with van der Waals surface area (Å²) in [4.78, 5) is 16.7. The minimum atomic E-state index is -0.283. The first-order chi connectivity index (χ1) is 14.0. The van der Waals surface area contributed by atoms with E-state index in [2.05, 4.69) is 26.2 Å². The third-order valence-electron chi connectivity index (χ3n) is 3.85. The number of thiazole rings is 1. The van der Waals surface area contributed by atoms with Gasteiger partial charge in [0.1, 0.15) is 0 Å². The van der Waals surface area contributed by atoms with Crippen LogP contribution in [0.5, 0.6) is 11.5 Å². The van der Waals surface area contributed by atoms with Crippen LogP contribution in [0.15, 0.2) is 52.3 Å². The van der Waals surface area contributed by atoms with Gasteiger partial charge in [-0.25, -0.2) is 4.98 Å². The molecule has 1 N–H and O–H groups in total. The number of hydrogen-bond donors (Lipinski definition) is 1. The molecule has 0 saturated heterocycles. The van der Waals surface area contributed by atoms with Crippen molar-refractivity contribution in [1.29, 1.82) is 0 Å². The predicted octanol–water partition coefficient (Wildman–Crippen LogP) is 6.29. The van der Waals surface area contributed by atoms with Crippen LogP contribution in [0.1, 0.15) is 12.5 Å². The highest BCUT2D eigenvalue weighted by molar-refractivity contribution is 9.10. The maximum absolute atomic E-state index is 12.3. The van der Waals surface area contributed by atoms with Crippen molar-refractivity contribution < 1.29 is 14.3 Å². The minimum Gasteiger partial charge on any atom is -0.493 e. The maximum Gasteiger partial charge on any atom is 0.250 e. The second kappa shape index (κ2) is 9.91. The van der Waals surface area contributed by atoms with Crippen molar-refractivity contribution >= 4 is 56.0 Å². The largest absolute Gasteiger partial charge is 0.493 e. The Morgan fingerprint density at radius 3 is 2.86 bits per heavy atom. The second-order valence-electron chi connectivity index (χ2n) is 5.81. The Morgan fingerprint density at radius 2 is 2.14 bits per heavy atom. The normalized spacial score (nSPS) is 10.9. The molecule has 0 radical (unpaired) electrons. The smallest absolute Gasteiger partial charge is 0.250 e. The SMILES string of the molecule is CCOc1c(Br)cc(C=CC(=O)Nc2nc(-c3ccccc3Cl)cs2)cc1OC. The van der Waals surface area contributed by atoms with Gasteiger partial charge in [0.15, 0.2) is 16.6 Å². The van der Waals surface area contributed by atoms with E-state index in [9.17, 15) is 4.79 Å². The molecule has 0 unspecified atom stereocenters. The monoisotopic (exact) mass is 492 g/mol. The van der Waals surface area contributed by atoms with Gasteiger partial charge in [-0.1, -0.05) is 29.8 Å². The van der Waals surface area contributed by atoms with E-state index in [4.69, 9.17) is 21.1 Å². The molecule has 1 amide bonds. The number of hydrogen-bond acceptors (Lipinski definition) is 5. The summed E-state index contributed by atoms with van der Waals surface area (Å²) in [5, 5.41) is 5.74. The quantitative estimate of drug-likeness (QED) is 0.393. The highest BCUT2D eigenvalue weighted by Crippen LogP contribution is 2.37. The molecular formula is C21H18BrClN2O3S. The number of anilines is 1. The van der Waals surface area contributed by atoms with E-state index in [0.717, 1.165) is 21.3 Å². The highest BCUT2D eigenvalue weighted by atomic mass is 79.9. The lowest BCUT2D eigenvalue weighted by Crippen LogP contribution is -2.07. The fraction of sp³-hybridized carbons (Fsp3) is 0.143. The molecule has 0 atom stereocenters. The van der Waals surface area contributed by atoms with Crippen LogP contribution in [-0.2, 0) is 4.79 Å². The Labute approximate surface area is 186 Å². The van der Waals surface area contributed by atoms with Gasteiger partial charge in [0.05, 0.1) is 23.9 Å². The Bertz CT molecular complexity index is 1050. The van der Waals surface area contributed by atoms with E-state index in [1.807, 2.05) is 36.6 Å². The van der Waals surface area contributed by atoms with Crippen molar-refractivity contribution in [2.45, 2.75) is 6.92 Å². The first-order valence-electron chi connectivity index (χ1n) is 8.71. The zero-order valence-corrected chi connectivity index (χ0v) is 18.9. The molecule has 0 fully saturated rings. The average Bonchev–Trinajstić information content (AvgIpc) is 3.16. The Kier molecular flexibility index (Phi) is 7.30. The van der Waals surface area contributed by atoms with Crippen LogP contribution in [0.25, 0.3) is 17.3 Å². The van der Waals surface area contributed by atoms with Gasteiger partial charge in [-0.15, -0.1) is 11.3 Å². The molecule has 3 aromatic rings. The van der Waals surface area contributed by atoms with E-state index in [1.165, 1.54) is 17.4 Å². The summed E-state index contributed by atoms with van der Waals surface area (Å²) in [5.41, 5.74) is 2.34. The molecule has 29 heavy (non-hydrogen) atoms. The van der Waals surface area contributed by atoms with E-state index in [1.54, 1.807) is 25.3 Å². The first-order valence-corrected chi connectivity index (χ1v) is 10.8. The molecule has 0 bridgehead atoms. The molecule has 1 heterocycles. The summed E-state index contributed by atoms with van der Waals surface area (Å²) < 4.78 is 11.7.